The molecule has 2 aromatic carbocycles. The Kier molecular flexibility index (Phi) is 5.50. The maximum absolute atomic E-state index is 12.9. The molecule has 0 bridgehead atoms. The third-order valence-corrected chi connectivity index (χ3v) is 6.86. The molecular weight excluding hydrogens is 414 g/mol. The third kappa shape index (κ3) is 4.04. The van der Waals surface area contributed by atoms with Gasteiger partial charge in [-0.05, 0) is 31.3 Å². The van der Waals surface area contributed by atoms with E-state index in [1.807, 2.05) is 11.9 Å². The number of nitrogens with zero attached hydrogens (tertiary/aromatic N) is 3. The van der Waals surface area contributed by atoms with Crippen molar-refractivity contribution in [1.82, 2.24) is 9.21 Å². The first-order valence-electron chi connectivity index (χ1n) is 9.39. The first kappa shape index (κ1) is 20.4. The van der Waals surface area contributed by atoms with E-state index >= 15 is 0 Å². The van der Waals surface area contributed by atoms with Crippen LogP contribution in [-0.4, -0.2) is 69.0 Å². The number of nitro benzene ring substituents is 1. The summed E-state index contributed by atoms with van der Waals surface area (Å²) >= 11 is 0. The summed E-state index contributed by atoms with van der Waals surface area (Å²) in [6, 6.07) is 8.51. The fraction of sp³-hybridized carbons (Fsp3) is 0.368. The molecule has 0 unspecified atom stereocenters. The van der Waals surface area contributed by atoms with Crippen molar-refractivity contribution in [3.05, 3.63) is 46.5 Å². The van der Waals surface area contributed by atoms with Crippen molar-refractivity contribution in [2.75, 3.05) is 46.4 Å². The van der Waals surface area contributed by atoms with Crippen molar-refractivity contribution in [3.63, 3.8) is 0 Å². The van der Waals surface area contributed by atoms with Gasteiger partial charge in [-0.1, -0.05) is 0 Å². The van der Waals surface area contributed by atoms with Crippen LogP contribution in [0.25, 0.3) is 0 Å². The molecule has 1 saturated heterocycles. The lowest BCUT2D eigenvalue weighted by molar-refractivity contribution is -0.385. The van der Waals surface area contributed by atoms with Crippen molar-refractivity contribution in [2.45, 2.75) is 4.90 Å². The fourth-order valence-electron chi connectivity index (χ4n) is 3.28. The van der Waals surface area contributed by atoms with Gasteiger partial charge in [0.15, 0.2) is 11.5 Å². The van der Waals surface area contributed by atoms with Crippen molar-refractivity contribution in [3.8, 4) is 23.0 Å². The van der Waals surface area contributed by atoms with Gasteiger partial charge in [-0.2, -0.15) is 4.31 Å². The van der Waals surface area contributed by atoms with E-state index in [4.69, 9.17) is 14.2 Å². The van der Waals surface area contributed by atoms with Crippen LogP contribution in [0.15, 0.2) is 41.3 Å². The van der Waals surface area contributed by atoms with Gasteiger partial charge >= 0.3 is 5.69 Å². The minimum atomic E-state index is -3.83. The first-order chi connectivity index (χ1) is 14.3. The van der Waals surface area contributed by atoms with Gasteiger partial charge in [0.25, 0.3) is 0 Å². The number of rotatable bonds is 5. The lowest BCUT2D eigenvalue weighted by Crippen LogP contribution is -2.47. The van der Waals surface area contributed by atoms with Crippen LogP contribution >= 0.6 is 0 Å². The van der Waals surface area contributed by atoms with Crippen molar-refractivity contribution in [2.24, 2.45) is 0 Å². The Morgan fingerprint density at radius 2 is 1.70 bits per heavy atom. The molecule has 10 nitrogen and oxygen atoms in total. The van der Waals surface area contributed by atoms with E-state index < -0.39 is 20.6 Å². The molecule has 0 aliphatic carbocycles. The SMILES string of the molecule is CN1CCN(S(=O)(=O)c2ccc(Oc3ccc4c(c3)OCCO4)c([N+](=O)[O-])c2)CC1. The first-order valence-corrected chi connectivity index (χ1v) is 10.8. The second-order valence-electron chi connectivity index (χ2n) is 7.00. The summed E-state index contributed by atoms with van der Waals surface area (Å²) in [7, 11) is -1.92. The monoisotopic (exact) mass is 435 g/mol. The molecule has 160 valence electrons. The number of benzene rings is 2. The summed E-state index contributed by atoms with van der Waals surface area (Å²) in [5.41, 5.74) is -0.430. The van der Waals surface area contributed by atoms with Crippen molar-refractivity contribution in [1.29, 1.82) is 0 Å². The van der Waals surface area contributed by atoms with E-state index in [2.05, 4.69) is 0 Å². The van der Waals surface area contributed by atoms with Gasteiger partial charge in [0.2, 0.25) is 15.8 Å². The normalized spacial score (nSPS) is 17.5. The quantitative estimate of drug-likeness (QED) is 0.519. The lowest BCUT2D eigenvalue weighted by atomic mass is 10.2. The Hall–Kier alpha value is -2.89. The molecule has 2 heterocycles. The highest BCUT2D eigenvalue weighted by atomic mass is 32.2. The van der Waals surface area contributed by atoms with Crippen LogP contribution in [0, 0.1) is 10.1 Å². The van der Waals surface area contributed by atoms with Crippen LogP contribution in [0.2, 0.25) is 0 Å². The number of hydrogen-bond donors (Lipinski definition) is 0. The fourth-order valence-corrected chi connectivity index (χ4v) is 4.72. The van der Waals surface area contributed by atoms with Gasteiger partial charge in [-0.3, -0.25) is 10.1 Å². The van der Waals surface area contributed by atoms with Gasteiger partial charge in [-0.25, -0.2) is 8.42 Å². The molecule has 2 aliphatic heterocycles. The standard InChI is InChI=1S/C19H21N3O7S/c1-20-6-8-21(9-7-20)30(25,26)15-3-5-17(16(13-15)22(23)24)29-14-2-4-18-19(12-14)28-11-10-27-18/h2-5,12-13H,6-11H2,1H3. The highest BCUT2D eigenvalue weighted by Gasteiger charge is 2.30. The average molecular weight is 435 g/mol. The Morgan fingerprint density at radius 1 is 1.00 bits per heavy atom. The maximum Gasteiger partial charge on any atom is 0.312 e. The largest absolute Gasteiger partial charge is 0.486 e. The molecule has 2 aliphatic rings. The van der Waals surface area contributed by atoms with Crippen molar-refractivity contribution >= 4 is 15.7 Å². The van der Waals surface area contributed by atoms with Crippen LogP contribution in [0.3, 0.4) is 0 Å². The molecule has 2 aromatic rings. The summed E-state index contributed by atoms with van der Waals surface area (Å²) in [6.45, 7) is 2.72. The Balaban J connectivity index is 1.62. The predicted molar refractivity (Wildman–Crippen MR) is 107 cm³/mol. The Morgan fingerprint density at radius 3 is 2.40 bits per heavy atom. The van der Waals surface area contributed by atoms with E-state index in [1.165, 1.54) is 16.4 Å². The maximum atomic E-state index is 12.9. The Labute approximate surface area is 173 Å². The molecule has 4 rings (SSSR count). The zero-order valence-electron chi connectivity index (χ0n) is 16.3. The minimum absolute atomic E-state index is 0.0611. The van der Waals surface area contributed by atoms with Crippen LogP contribution in [0.5, 0.6) is 23.0 Å². The highest BCUT2D eigenvalue weighted by Crippen LogP contribution is 2.38. The predicted octanol–water partition coefficient (Wildman–Crippen LogP) is 2.09. The van der Waals surface area contributed by atoms with Crippen LogP contribution in [0.4, 0.5) is 5.69 Å². The van der Waals surface area contributed by atoms with Gasteiger partial charge in [0.05, 0.1) is 9.82 Å². The number of ether oxygens (including phenoxy) is 3. The molecule has 0 radical (unpaired) electrons. The van der Waals surface area contributed by atoms with E-state index in [1.54, 1.807) is 18.2 Å². The topological polar surface area (TPSA) is 111 Å². The van der Waals surface area contributed by atoms with E-state index in [0.29, 0.717) is 56.6 Å². The van der Waals surface area contributed by atoms with Gasteiger partial charge in [0, 0.05) is 38.3 Å². The molecule has 11 heteroatoms. The summed E-state index contributed by atoms with van der Waals surface area (Å²) in [4.78, 5) is 12.8. The number of nitro groups is 1. The third-order valence-electron chi connectivity index (χ3n) is 4.97. The molecular formula is C19H21N3O7S. The lowest BCUT2D eigenvalue weighted by Gasteiger charge is -2.31. The zero-order valence-corrected chi connectivity index (χ0v) is 17.1. The second kappa shape index (κ2) is 8.09. The smallest absolute Gasteiger partial charge is 0.312 e. The highest BCUT2D eigenvalue weighted by molar-refractivity contribution is 7.89. The van der Waals surface area contributed by atoms with E-state index in [-0.39, 0.29) is 10.6 Å². The van der Waals surface area contributed by atoms with Crippen LogP contribution in [0.1, 0.15) is 0 Å². The van der Waals surface area contributed by atoms with Gasteiger partial charge < -0.3 is 19.1 Å². The molecule has 0 aromatic heterocycles. The van der Waals surface area contributed by atoms with E-state index in [9.17, 15) is 18.5 Å². The number of piperazine rings is 1. The molecule has 0 amide bonds. The average Bonchev–Trinajstić information content (AvgIpc) is 2.74. The number of sulfonamides is 1. The summed E-state index contributed by atoms with van der Waals surface area (Å²) in [5.74, 6) is 1.30. The number of fused-ring (bicyclic) bond motifs is 1. The van der Waals surface area contributed by atoms with Crippen molar-refractivity contribution < 1.29 is 27.6 Å². The summed E-state index contributed by atoms with van der Waals surface area (Å²) in [5, 5.41) is 11.6. The number of likely N-dealkylation sites (N-methyl/N-ethyl adjacent to an activating group) is 1. The minimum Gasteiger partial charge on any atom is -0.486 e. The molecule has 30 heavy (non-hydrogen) atoms. The molecule has 0 atom stereocenters. The van der Waals surface area contributed by atoms with E-state index in [0.717, 1.165) is 6.07 Å². The van der Waals surface area contributed by atoms with Crippen LogP contribution < -0.4 is 14.2 Å². The van der Waals surface area contributed by atoms with Gasteiger partial charge in [0.1, 0.15) is 19.0 Å². The zero-order chi connectivity index (χ0) is 21.3. The Bertz CT molecular complexity index is 1070. The molecule has 0 spiro atoms. The number of hydrogen-bond acceptors (Lipinski definition) is 8. The molecule has 0 N–H and O–H groups in total. The summed E-state index contributed by atoms with van der Waals surface area (Å²) < 4.78 is 43.8. The van der Waals surface area contributed by atoms with Gasteiger partial charge in [-0.15, -0.1) is 0 Å². The molecule has 0 saturated carbocycles. The van der Waals surface area contributed by atoms with Crippen LogP contribution in [-0.2, 0) is 10.0 Å². The molecule has 1 fully saturated rings. The second-order valence-corrected chi connectivity index (χ2v) is 8.94. The summed E-state index contributed by atoms with van der Waals surface area (Å²) in [6.07, 6.45) is 0.